The van der Waals surface area contributed by atoms with Crippen molar-refractivity contribution in [3.63, 3.8) is 0 Å². The van der Waals surface area contributed by atoms with Crippen molar-refractivity contribution in [1.82, 2.24) is 0 Å². The third kappa shape index (κ3) is 5.78. The van der Waals surface area contributed by atoms with Crippen LogP contribution in [0.3, 0.4) is 0 Å². The maximum Gasteiger partial charge on any atom is 0.220 e. The van der Waals surface area contributed by atoms with Crippen molar-refractivity contribution in [2.75, 3.05) is 0 Å². The number of rotatable bonds is 4. The molecule has 1 fully saturated rings. The molecule has 0 heterocycles. The fourth-order valence-electron chi connectivity index (χ4n) is 3.57. The highest BCUT2D eigenvalue weighted by atomic mass is 31.1. The fourth-order valence-corrected chi connectivity index (χ4v) is 5.87. The molecule has 28 heavy (non-hydrogen) atoms. The van der Waals surface area contributed by atoms with E-state index in [1.807, 2.05) is 0 Å². The summed E-state index contributed by atoms with van der Waals surface area (Å²) in [5, 5.41) is 4.19. The van der Waals surface area contributed by atoms with Gasteiger partial charge in [0.05, 0.1) is 0 Å². The van der Waals surface area contributed by atoms with E-state index >= 15 is 0 Å². The lowest BCUT2D eigenvalue weighted by molar-refractivity contribution is -0.122. The number of hydrogen-bond acceptors (Lipinski definition) is 1. The van der Waals surface area contributed by atoms with E-state index in [4.69, 9.17) is 5.73 Å². The van der Waals surface area contributed by atoms with Crippen LogP contribution in [0.2, 0.25) is 0 Å². The largest absolute Gasteiger partial charge is 0.369 e. The molecule has 3 aromatic carbocycles. The van der Waals surface area contributed by atoms with Crippen LogP contribution < -0.4 is 21.6 Å². The third-order valence-electron chi connectivity index (χ3n) is 5.05. The van der Waals surface area contributed by atoms with Gasteiger partial charge in [0.1, 0.15) is 0 Å². The Labute approximate surface area is 169 Å². The monoisotopic (exact) mass is 389 g/mol. The SMILES string of the molecule is NC(=O)C1CCCCC1.c1ccc(P(c2ccccc2)c2ccccc2)cc1. The molecule has 1 aliphatic carbocycles. The maximum atomic E-state index is 10.6. The van der Waals surface area contributed by atoms with Gasteiger partial charge in [-0.1, -0.05) is 110 Å². The first-order valence-electron chi connectivity index (χ1n) is 10.0. The summed E-state index contributed by atoms with van der Waals surface area (Å²) in [6, 6.07) is 32.3. The van der Waals surface area contributed by atoms with Crippen molar-refractivity contribution in [3.8, 4) is 0 Å². The minimum atomic E-state index is -0.446. The van der Waals surface area contributed by atoms with Crippen molar-refractivity contribution >= 4 is 29.7 Å². The van der Waals surface area contributed by atoms with E-state index in [2.05, 4.69) is 91.0 Å². The Hall–Kier alpha value is -2.44. The minimum Gasteiger partial charge on any atom is -0.369 e. The molecule has 2 N–H and O–H groups in total. The van der Waals surface area contributed by atoms with Crippen molar-refractivity contribution in [3.05, 3.63) is 91.0 Å². The predicted molar refractivity (Wildman–Crippen MR) is 121 cm³/mol. The van der Waals surface area contributed by atoms with Crippen LogP contribution >= 0.6 is 7.92 Å². The molecule has 3 heteroatoms. The van der Waals surface area contributed by atoms with E-state index in [1.54, 1.807) is 0 Å². The Morgan fingerprint density at radius 1 is 0.643 bits per heavy atom. The molecule has 0 bridgehead atoms. The zero-order chi connectivity index (χ0) is 19.6. The molecule has 144 valence electrons. The lowest BCUT2D eigenvalue weighted by atomic mass is 9.89. The van der Waals surface area contributed by atoms with Crippen LogP contribution in [0.4, 0.5) is 0 Å². The van der Waals surface area contributed by atoms with Gasteiger partial charge in [0.25, 0.3) is 0 Å². The van der Waals surface area contributed by atoms with Gasteiger partial charge in [-0.2, -0.15) is 0 Å². The number of carbonyl (C=O) groups excluding carboxylic acids is 1. The molecule has 0 saturated heterocycles. The second-order valence-electron chi connectivity index (χ2n) is 7.08. The van der Waals surface area contributed by atoms with E-state index in [-0.39, 0.29) is 11.8 Å². The van der Waals surface area contributed by atoms with Gasteiger partial charge in [0, 0.05) is 5.92 Å². The van der Waals surface area contributed by atoms with E-state index in [9.17, 15) is 4.79 Å². The first-order valence-corrected chi connectivity index (χ1v) is 11.3. The average molecular weight is 389 g/mol. The van der Waals surface area contributed by atoms with Gasteiger partial charge < -0.3 is 5.73 Å². The zero-order valence-electron chi connectivity index (χ0n) is 16.2. The van der Waals surface area contributed by atoms with Crippen LogP contribution in [0, 0.1) is 5.92 Å². The molecule has 1 saturated carbocycles. The van der Waals surface area contributed by atoms with Gasteiger partial charge >= 0.3 is 0 Å². The molecule has 0 aromatic heterocycles. The number of nitrogens with two attached hydrogens (primary N) is 1. The molecule has 4 rings (SSSR count). The van der Waals surface area contributed by atoms with Crippen molar-refractivity contribution in [1.29, 1.82) is 0 Å². The maximum absolute atomic E-state index is 10.6. The average Bonchev–Trinajstić information content (AvgIpc) is 2.77. The van der Waals surface area contributed by atoms with Gasteiger partial charge in [-0.15, -0.1) is 0 Å². The summed E-state index contributed by atoms with van der Waals surface area (Å²) in [7, 11) is -0.446. The highest BCUT2D eigenvalue weighted by Crippen LogP contribution is 2.32. The molecule has 0 aliphatic heterocycles. The lowest BCUT2D eigenvalue weighted by Gasteiger charge is -2.18. The molecule has 1 aliphatic rings. The quantitative estimate of drug-likeness (QED) is 0.656. The highest BCUT2D eigenvalue weighted by molar-refractivity contribution is 7.79. The summed E-state index contributed by atoms with van der Waals surface area (Å²) in [4.78, 5) is 10.6. The number of benzene rings is 3. The van der Waals surface area contributed by atoms with Crippen LogP contribution in [0.5, 0.6) is 0 Å². The summed E-state index contributed by atoms with van der Waals surface area (Å²) in [5.74, 6) is 0.0912. The Bertz CT molecular complexity index is 736. The Morgan fingerprint density at radius 3 is 1.29 bits per heavy atom. The van der Waals surface area contributed by atoms with Crippen LogP contribution in [-0.2, 0) is 4.79 Å². The summed E-state index contributed by atoms with van der Waals surface area (Å²) in [5.41, 5.74) is 5.13. The number of amides is 1. The molecule has 0 radical (unpaired) electrons. The number of primary amides is 1. The second kappa shape index (κ2) is 10.8. The molecule has 0 atom stereocenters. The summed E-state index contributed by atoms with van der Waals surface area (Å²) in [6.45, 7) is 0. The molecular formula is C25H28NOP. The zero-order valence-corrected chi connectivity index (χ0v) is 17.1. The summed E-state index contributed by atoms with van der Waals surface area (Å²) >= 11 is 0. The standard InChI is InChI=1S/C18H15P.C7H13NO/c1-4-10-16(11-5-1)19(17-12-6-2-7-13-17)18-14-8-3-9-15-18;8-7(9)6-4-2-1-3-5-6/h1-15H;6H,1-5H2,(H2,8,9). The van der Waals surface area contributed by atoms with Gasteiger partial charge in [-0.25, -0.2) is 0 Å². The molecule has 0 spiro atoms. The molecule has 0 unspecified atom stereocenters. The molecule has 2 nitrogen and oxygen atoms in total. The minimum absolute atomic E-state index is 0.102. The van der Waals surface area contributed by atoms with Gasteiger partial charge in [0.15, 0.2) is 0 Å². The molecular weight excluding hydrogens is 361 g/mol. The van der Waals surface area contributed by atoms with E-state index in [1.165, 1.54) is 35.2 Å². The summed E-state index contributed by atoms with van der Waals surface area (Å²) in [6.07, 6.45) is 5.70. The van der Waals surface area contributed by atoms with Crippen LogP contribution in [0.1, 0.15) is 32.1 Å². The normalized spacial score (nSPS) is 14.2. The summed E-state index contributed by atoms with van der Waals surface area (Å²) < 4.78 is 0. The van der Waals surface area contributed by atoms with Gasteiger partial charge in [-0.05, 0) is 36.7 Å². The first-order chi connectivity index (χ1) is 13.8. The van der Waals surface area contributed by atoms with Crippen LogP contribution in [0.25, 0.3) is 0 Å². The van der Waals surface area contributed by atoms with Crippen LogP contribution in [-0.4, -0.2) is 5.91 Å². The number of hydrogen-bond donors (Lipinski definition) is 1. The number of carbonyl (C=O) groups is 1. The van der Waals surface area contributed by atoms with Crippen molar-refractivity contribution in [2.45, 2.75) is 32.1 Å². The van der Waals surface area contributed by atoms with Crippen molar-refractivity contribution in [2.24, 2.45) is 11.7 Å². The molecule has 1 amide bonds. The predicted octanol–water partition coefficient (Wildman–Crippen LogP) is 4.50. The first kappa shape index (κ1) is 20.3. The van der Waals surface area contributed by atoms with E-state index < -0.39 is 7.92 Å². The van der Waals surface area contributed by atoms with E-state index in [0.29, 0.717) is 0 Å². The molecule has 3 aromatic rings. The van der Waals surface area contributed by atoms with Crippen LogP contribution in [0.15, 0.2) is 91.0 Å². The smallest absolute Gasteiger partial charge is 0.220 e. The lowest BCUT2D eigenvalue weighted by Crippen LogP contribution is -2.24. The van der Waals surface area contributed by atoms with Gasteiger partial charge in [0.2, 0.25) is 5.91 Å². The Balaban J connectivity index is 0.000000211. The Morgan fingerprint density at radius 2 is 1.00 bits per heavy atom. The topological polar surface area (TPSA) is 43.1 Å². The third-order valence-corrected chi connectivity index (χ3v) is 7.49. The Kier molecular flexibility index (Phi) is 7.82. The van der Waals surface area contributed by atoms with E-state index in [0.717, 1.165) is 12.8 Å². The fraction of sp³-hybridized carbons (Fsp3) is 0.240. The van der Waals surface area contributed by atoms with Crippen molar-refractivity contribution < 1.29 is 4.79 Å². The highest BCUT2D eigenvalue weighted by Gasteiger charge is 2.17. The second-order valence-corrected chi connectivity index (χ2v) is 9.30. The van der Waals surface area contributed by atoms with Gasteiger partial charge in [-0.3, -0.25) is 4.79 Å².